The van der Waals surface area contributed by atoms with Crippen LogP contribution in [-0.4, -0.2) is 53.2 Å². The van der Waals surface area contributed by atoms with Gasteiger partial charge in [-0.05, 0) is 52.4 Å². The highest BCUT2D eigenvalue weighted by molar-refractivity contribution is 5.68. The molecule has 1 aliphatic carbocycles. The number of hydrogen-bond donors (Lipinski definition) is 0. The summed E-state index contributed by atoms with van der Waals surface area (Å²) in [6.07, 6.45) is 8.01. The highest BCUT2D eigenvalue weighted by Crippen LogP contribution is 2.34. The van der Waals surface area contributed by atoms with Gasteiger partial charge in [-0.2, -0.15) is 0 Å². The highest BCUT2D eigenvalue weighted by atomic mass is 16.6. The molecule has 3 aliphatic rings. The van der Waals surface area contributed by atoms with Crippen LogP contribution in [0, 0.1) is 5.92 Å². The van der Waals surface area contributed by atoms with Crippen molar-refractivity contribution in [1.29, 1.82) is 0 Å². The fourth-order valence-electron chi connectivity index (χ4n) is 4.25. The standard InChI is InChI=1S/C17H30N2O2/c1-17(2,3)21-16(20)18-11-14-8-9-15(12-18)19(14)10-13-6-4-5-7-13/h13-15H,4-12H2,1-3H3. The quantitative estimate of drug-likeness (QED) is 0.783. The number of likely N-dealkylation sites (tertiary alicyclic amines) is 1. The molecule has 2 heterocycles. The molecule has 3 fully saturated rings. The summed E-state index contributed by atoms with van der Waals surface area (Å²) in [5.41, 5.74) is -0.392. The van der Waals surface area contributed by atoms with Gasteiger partial charge in [0.05, 0.1) is 0 Å². The monoisotopic (exact) mass is 294 g/mol. The summed E-state index contributed by atoms with van der Waals surface area (Å²) in [6.45, 7) is 8.80. The number of fused-ring (bicyclic) bond motifs is 2. The SMILES string of the molecule is CC(C)(C)OC(=O)N1CC2CCC(C1)N2CC1CCCC1. The van der Waals surface area contributed by atoms with E-state index in [9.17, 15) is 4.79 Å². The first kappa shape index (κ1) is 15.1. The normalized spacial score (nSPS) is 30.9. The van der Waals surface area contributed by atoms with Crippen LogP contribution in [-0.2, 0) is 4.74 Å². The number of amides is 1. The zero-order valence-corrected chi connectivity index (χ0v) is 13.8. The predicted molar refractivity (Wildman–Crippen MR) is 83.3 cm³/mol. The average Bonchev–Trinajstić information content (AvgIpc) is 2.95. The molecule has 3 rings (SSSR count). The van der Waals surface area contributed by atoms with Crippen LogP contribution < -0.4 is 0 Å². The van der Waals surface area contributed by atoms with E-state index in [0.29, 0.717) is 12.1 Å². The Morgan fingerprint density at radius 2 is 1.62 bits per heavy atom. The Labute approximate surface area is 128 Å². The number of carbonyl (C=O) groups is 1. The Kier molecular flexibility index (Phi) is 4.17. The van der Waals surface area contributed by atoms with E-state index in [0.717, 1.165) is 19.0 Å². The Balaban J connectivity index is 1.57. The van der Waals surface area contributed by atoms with Crippen LogP contribution in [0.1, 0.15) is 59.3 Å². The Morgan fingerprint density at radius 1 is 1.05 bits per heavy atom. The van der Waals surface area contributed by atoms with E-state index >= 15 is 0 Å². The first-order chi connectivity index (χ1) is 9.92. The van der Waals surface area contributed by atoms with Crippen molar-refractivity contribution in [2.24, 2.45) is 5.92 Å². The lowest BCUT2D eigenvalue weighted by atomic mass is 10.1. The minimum absolute atomic E-state index is 0.125. The van der Waals surface area contributed by atoms with Crippen LogP contribution in [0.3, 0.4) is 0 Å². The third-order valence-electron chi connectivity index (χ3n) is 5.23. The van der Waals surface area contributed by atoms with Gasteiger partial charge in [-0.1, -0.05) is 12.8 Å². The lowest BCUT2D eigenvalue weighted by Crippen LogP contribution is -2.56. The van der Waals surface area contributed by atoms with E-state index in [1.807, 2.05) is 25.7 Å². The van der Waals surface area contributed by atoms with Crippen LogP contribution in [0.15, 0.2) is 0 Å². The maximum absolute atomic E-state index is 12.3. The molecule has 0 radical (unpaired) electrons. The molecule has 21 heavy (non-hydrogen) atoms. The predicted octanol–water partition coefficient (Wildman–Crippen LogP) is 3.26. The summed E-state index contributed by atoms with van der Waals surface area (Å²) >= 11 is 0. The average molecular weight is 294 g/mol. The molecule has 4 nitrogen and oxygen atoms in total. The number of hydrogen-bond acceptors (Lipinski definition) is 3. The van der Waals surface area contributed by atoms with Crippen LogP contribution in [0.25, 0.3) is 0 Å². The van der Waals surface area contributed by atoms with Crippen molar-refractivity contribution in [1.82, 2.24) is 9.80 Å². The number of piperazine rings is 1. The van der Waals surface area contributed by atoms with Gasteiger partial charge in [0.2, 0.25) is 0 Å². The van der Waals surface area contributed by atoms with Gasteiger partial charge in [-0.3, -0.25) is 4.90 Å². The van der Waals surface area contributed by atoms with Gasteiger partial charge < -0.3 is 9.64 Å². The molecule has 2 saturated heterocycles. The van der Waals surface area contributed by atoms with Crippen molar-refractivity contribution in [3.63, 3.8) is 0 Å². The first-order valence-electron chi connectivity index (χ1n) is 8.66. The fraction of sp³-hybridized carbons (Fsp3) is 0.941. The van der Waals surface area contributed by atoms with E-state index in [-0.39, 0.29) is 6.09 Å². The van der Waals surface area contributed by atoms with E-state index in [2.05, 4.69) is 4.90 Å². The lowest BCUT2D eigenvalue weighted by molar-refractivity contribution is -0.00115. The molecular formula is C17H30N2O2. The second kappa shape index (κ2) is 5.79. The zero-order chi connectivity index (χ0) is 15.0. The van der Waals surface area contributed by atoms with Gasteiger partial charge in [-0.25, -0.2) is 4.79 Å². The van der Waals surface area contributed by atoms with Gasteiger partial charge in [0, 0.05) is 31.7 Å². The molecule has 1 amide bonds. The molecule has 0 aromatic rings. The summed E-state index contributed by atoms with van der Waals surface area (Å²) < 4.78 is 5.54. The maximum Gasteiger partial charge on any atom is 0.410 e. The van der Waals surface area contributed by atoms with Gasteiger partial charge in [0.25, 0.3) is 0 Å². The molecule has 120 valence electrons. The van der Waals surface area contributed by atoms with Gasteiger partial charge in [0.1, 0.15) is 5.60 Å². The number of rotatable bonds is 2. The topological polar surface area (TPSA) is 32.8 Å². The molecule has 2 bridgehead atoms. The van der Waals surface area contributed by atoms with Crippen molar-refractivity contribution in [2.75, 3.05) is 19.6 Å². The fourth-order valence-corrected chi connectivity index (χ4v) is 4.25. The summed E-state index contributed by atoms with van der Waals surface area (Å²) in [4.78, 5) is 16.9. The van der Waals surface area contributed by atoms with Crippen LogP contribution >= 0.6 is 0 Å². The van der Waals surface area contributed by atoms with E-state index in [1.165, 1.54) is 45.1 Å². The number of carbonyl (C=O) groups excluding carboxylic acids is 1. The minimum atomic E-state index is -0.392. The minimum Gasteiger partial charge on any atom is -0.444 e. The summed E-state index contributed by atoms with van der Waals surface area (Å²) in [7, 11) is 0. The summed E-state index contributed by atoms with van der Waals surface area (Å²) in [5.74, 6) is 0.904. The van der Waals surface area contributed by atoms with Gasteiger partial charge in [-0.15, -0.1) is 0 Å². The van der Waals surface area contributed by atoms with Crippen LogP contribution in [0.4, 0.5) is 4.79 Å². The van der Waals surface area contributed by atoms with E-state index < -0.39 is 5.60 Å². The Morgan fingerprint density at radius 3 is 2.14 bits per heavy atom. The molecule has 4 heteroatoms. The second-order valence-electron chi connectivity index (χ2n) is 8.12. The molecule has 0 aromatic heterocycles. The third-order valence-corrected chi connectivity index (χ3v) is 5.23. The van der Waals surface area contributed by atoms with Crippen LogP contribution in [0.2, 0.25) is 0 Å². The molecule has 0 N–H and O–H groups in total. The van der Waals surface area contributed by atoms with Crippen molar-refractivity contribution in [3.05, 3.63) is 0 Å². The molecule has 2 unspecified atom stereocenters. The molecule has 2 atom stereocenters. The first-order valence-corrected chi connectivity index (χ1v) is 8.66. The molecule has 0 aromatic carbocycles. The lowest BCUT2D eigenvalue weighted by Gasteiger charge is -2.42. The molecule has 0 spiro atoms. The number of nitrogens with zero attached hydrogens (tertiary/aromatic N) is 2. The van der Waals surface area contributed by atoms with Gasteiger partial charge in [0.15, 0.2) is 0 Å². The van der Waals surface area contributed by atoms with E-state index in [1.54, 1.807) is 0 Å². The van der Waals surface area contributed by atoms with Crippen molar-refractivity contribution >= 4 is 6.09 Å². The molecule has 1 saturated carbocycles. The Bertz CT molecular complexity index is 371. The third kappa shape index (κ3) is 3.53. The van der Waals surface area contributed by atoms with Crippen LogP contribution in [0.5, 0.6) is 0 Å². The van der Waals surface area contributed by atoms with Crippen molar-refractivity contribution < 1.29 is 9.53 Å². The maximum atomic E-state index is 12.3. The second-order valence-corrected chi connectivity index (χ2v) is 8.12. The zero-order valence-electron chi connectivity index (χ0n) is 13.8. The summed E-state index contributed by atoms with van der Waals surface area (Å²) in [5, 5.41) is 0. The largest absolute Gasteiger partial charge is 0.444 e. The summed E-state index contributed by atoms with van der Waals surface area (Å²) in [6, 6.07) is 1.13. The Hall–Kier alpha value is -0.770. The smallest absolute Gasteiger partial charge is 0.410 e. The number of ether oxygens (including phenoxy) is 1. The highest BCUT2D eigenvalue weighted by Gasteiger charge is 2.42. The van der Waals surface area contributed by atoms with Gasteiger partial charge >= 0.3 is 6.09 Å². The molecule has 2 aliphatic heterocycles. The van der Waals surface area contributed by atoms with E-state index in [4.69, 9.17) is 4.74 Å². The van der Waals surface area contributed by atoms with Crippen molar-refractivity contribution in [3.8, 4) is 0 Å². The van der Waals surface area contributed by atoms with Crippen molar-refractivity contribution in [2.45, 2.75) is 77.0 Å². The molecular weight excluding hydrogens is 264 g/mol.